The van der Waals surface area contributed by atoms with Crippen molar-refractivity contribution in [3.8, 4) is 5.75 Å². The van der Waals surface area contributed by atoms with Gasteiger partial charge in [0, 0.05) is 26.8 Å². The first-order valence-corrected chi connectivity index (χ1v) is 9.23. The number of ether oxygens (including phenoxy) is 2. The Morgan fingerprint density at radius 2 is 1.73 bits per heavy atom. The summed E-state index contributed by atoms with van der Waals surface area (Å²) in [6.45, 7) is 12.4. The number of unbranched alkanes of at least 4 members (excludes halogenated alkanes) is 1. The SMILES string of the molecule is CCOCCCCNC(=NC)NCCOc1ccccc1C(C)(C)C.I. The van der Waals surface area contributed by atoms with Crippen molar-refractivity contribution >= 4 is 29.9 Å². The van der Waals surface area contributed by atoms with E-state index in [1.165, 1.54) is 5.56 Å². The molecule has 2 N–H and O–H groups in total. The lowest BCUT2D eigenvalue weighted by Gasteiger charge is -2.22. The lowest BCUT2D eigenvalue weighted by atomic mass is 9.86. The minimum atomic E-state index is 0. The number of hydrogen-bond acceptors (Lipinski definition) is 3. The molecule has 0 amide bonds. The van der Waals surface area contributed by atoms with E-state index in [4.69, 9.17) is 9.47 Å². The maximum absolute atomic E-state index is 5.97. The Morgan fingerprint density at radius 1 is 1.04 bits per heavy atom. The Labute approximate surface area is 176 Å². The van der Waals surface area contributed by atoms with Crippen molar-refractivity contribution in [3.05, 3.63) is 29.8 Å². The third-order valence-corrected chi connectivity index (χ3v) is 3.78. The summed E-state index contributed by atoms with van der Waals surface area (Å²) in [6.07, 6.45) is 2.13. The van der Waals surface area contributed by atoms with Crippen LogP contribution in [0.5, 0.6) is 5.75 Å². The molecule has 0 aliphatic carbocycles. The fraction of sp³-hybridized carbons (Fsp3) is 0.650. The molecule has 0 radical (unpaired) electrons. The van der Waals surface area contributed by atoms with Gasteiger partial charge in [0.05, 0.1) is 6.54 Å². The summed E-state index contributed by atoms with van der Waals surface area (Å²) >= 11 is 0. The molecule has 0 saturated carbocycles. The van der Waals surface area contributed by atoms with Gasteiger partial charge in [-0.25, -0.2) is 0 Å². The van der Waals surface area contributed by atoms with E-state index in [-0.39, 0.29) is 29.4 Å². The molecule has 26 heavy (non-hydrogen) atoms. The van der Waals surface area contributed by atoms with Crippen LogP contribution in [0.2, 0.25) is 0 Å². The molecule has 0 heterocycles. The first kappa shape index (κ1) is 25.0. The molecule has 1 rings (SSSR count). The van der Waals surface area contributed by atoms with Crippen molar-refractivity contribution in [1.82, 2.24) is 10.6 Å². The van der Waals surface area contributed by atoms with E-state index in [1.54, 1.807) is 7.05 Å². The van der Waals surface area contributed by atoms with Crippen LogP contribution in [0.1, 0.15) is 46.1 Å². The predicted molar refractivity (Wildman–Crippen MR) is 121 cm³/mol. The normalized spacial score (nSPS) is 11.7. The number of hydrogen-bond donors (Lipinski definition) is 2. The monoisotopic (exact) mass is 477 g/mol. The van der Waals surface area contributed by atoms with Crippen molar-refractivity contribution in [2.75, 3.05) is 40.0 Å². The number of nitrogens with zero attached hydrogens (tertiary/aromatic N) is 1. The highest BCUT2D eigenvalue weighted by Gasteiger charge is 2.18. The maximum Gasteiger partial charge on any atom is 0.191 e. The zero-order chi connectivity index (χ0) is 18.5. The van der Waals surface area contributed by atoms with E-state index in [1.807, 2.05) is 19.1 Å². The number of nitrogens with one attached hydrogen (secondary N) is 2. The van der Waals surface area contributed by atoms with Gasteiger partial charge in [-0.2, -0.15) is 0 Å². The molecule has 6 heteroatoms. The molecule has 1 aromatic carbocycles. The smallest absolute Gasteiger partial charge is 0.191 e. The van der Waals surface area contributed by atoms with Crippen molar-refractivity contribution in [1.29, 1.82) is 0 Å². The summed E-state index contributed by atoms with van der Waals surface area (Å²) in [5.41, 5.74) is 1.30. The van der Waals surface area contributed by atoms with Crippen molar-refractivity contribution in [2.24, 2.45) is 4.99 Å². The van der Waals surface area contributed by atoms with E-state index in [9.17, 15) is 0 Å². The molecule has 5 nitrogen and oxygen atoms in total. The van der Waals surface area contributed by atoms with Gasteiger partial charge in [-0.1, -0.05) is 39.0 Å². The molecule has 0 bridgehead atoms. The number of benzene rings is 1. The maximum atomic E-state index is 5.97. The fourth-order valence-electron chi connectivity index (χ4n) is 2.44. The zero-order valence-electron chi connectivity index (χ0n) is 16.9. The van der Waals surface area contributed by atoms with E-state index >= 15 is 0 Å². The van der Waals surface area contributed by atoms with Crippen LogP contribution >= 0.6 is 24.0 Å². The van der Waals surface area contributed by atoms with E-state index < -0.39 is 0 Å². The molecule has 0 aliphatic heterocycles. The zero-order valence-corrected chi connectivity index (χ0v) is 19.3. The second kappa shape index (κ2) is 14.1. The number of halogens is 1. The predicted octanol–water partition coefficient (Wildman–Crippen LogP) is 3.96. The van der Waals surface area contributed by atoms with Gasteiger partial charge in [-0.15, -0.1) is 24.0 Å². The second-order valence-electron chi connectivity index (χ2n) is 6.92. The van der Waals surface area contributed by atoms with Gasteiger partial charge in [0.25, 0.3) is 0 Å². The molecule has 0 unspecified atom stereocenters. The molecule has 1 aromatic rings. The minimum Gasteiger partial charge on any atom is -0.491 e. The molecule has 150 valence electrons. The van der Waals surface area contributed by atoms with Crippen molar-refractivity contribution in [3.63, 3.8) is 0 Å². The summed E-state index contributed by atoms with van der Waals surface area (Å²) in [5, 5.41) is 6.59. The Bertz CT molecular complexity index is 516. The van der Waals surface area contributed by atoms with Gasteiger partial charge in [0.1, 0.15) is 12.4 Å². The van der Waals surface area contributed by atoms with E-state index in [0.29, 0.717) is 13.2 Å². The molecular weight excluding hydrogens is 441 g/mol. The molecule has 0 atom stereocenters. The van der Waals surface area contributed by atoms with E-state index in [0.717, 1.165) is 44.3 Å². The summed E-state index contributed by atoms with van der Waals surface area (Å²) < 4.78 is 11.3. The van der Waals surface area contributed by atoms with Gasteiger partial charge in [-0.05, 0) is 36.8 Å². The topological polar surface area (TPSA) is 54.9 Å². The van der Waals surface area contributed by atoms with Gasteiger partial charge in [-0.3, -0.25) is 4.99 Å². The Kier molecular flexibility index (Phi) is 13.5. The molecule has 0 saturated heterocycles. The highest BCUT2D eigenvalue weighted by Crippen LogP contribution is 2.30. The summed E-state index contributed by atoms with van der Waals surface area (Å²) in [5.74, 6) is 1.76. The Hall–Kier alpha value is -1.02. The van der Waals surface area contributed by atoms with Gasteiger partial charge in [0.15, 0.2) is 5.96 Å². The molecule has 0 aliphatic rings. The first-order chi connectivity index (χ1) is 12.0. The number of para-hydroxylation sites is 1. The van der Waals surface area contributed by atoms with Crippen molar-refractivity contribution < 1.29 is 9.47 Å². The number of aliphatic imine (C=N–C) groups is 1. The van der Waals surface area contributed by atoms with Crippen LogP contribution in [0.25, 0.3) is 0 Å². The van der Waals surface area contributed by atoms with Crippen LogP contribution in [-0.4, -0.2) is 45.9 Å². The summed E-state index contributed by atoms with van der Waals surface area (Å²) in [4.78, 5) is 4.23. The van der Waals surface area contributed by atoms with Crippen LogP contribution in [-0.2, 0) is 10.2 Å². The van der Waals surface area contributed by atoms with Crippen molar-refractivity contribution in [2.45, 2.75) is 46.0 Å². The highest BCUT2D eigenvalue weighted by atomic mass is 127. The van der Waals surface area contributed by atoms with Crippen LogP contribution in [0.15, 0.2) is 29.3 Å². The van der Waals surface area contributed by atoms with Crippen LogP contribution in [0.4, 0.5) is 0 Å². The van der Waals surface area contributed by atoms with E-state index in [2.05, 4.69) is 48.5 Å². The van der Waals surface area contributed by atoms with Gasteiger partial charge >= 0.3 is 0 Å². The highest BCUT2D eigenvalue weighted by molar-refractivity contribution is 14.0. The number of rotatable bonds is 10. The van der Waals surface area contributed by atoms with Crippen LogP contribution in [0.3, 0.4) is 0 Å². The number of guanidine groups is 1. The molecule has 0 aromatic heterocycles. The average molecular weight is 477 g/mol. The average Bonchev–Trinajstić information content (AvgIpc) is 2.59. The standard InChI is InChI=1S/C20H35N3O2.HI/c1-6-24-15-10-9-13-22-19(21-5)23-14-16-25-18-12-8-7-11-17(18)20(2,3)4;/h7-8,11-12H,6,9-10,13-16H2,1-5H3,(H2,21,22,23);1H. The molecule has 0 fully saturated rings. The van der Waals surface area contributed by atoms with Gasteiger partial charge < -0.3 is 20.1 Å². The third kappa shape index (κ3) is 10.2. The lowest BCUT2D eigenvalue weighted by molar-refractivity contribution is 0.143. The minimum absolute atomic E-state index is 0. The van der Waals surface area contributed by atoms with Crippen LogP contribution in [0, 0.1) is 0 Å². The Balaban J connectivity index is 0.00000625. The van der Waals surface area contributed by atoms with Crippen LogP contribution < -0.4 is 15.4 Å². The Morgan fingerprint density at radius 3 is 2.38 bits per heavy atom. The third-order valence-electron chi connectivity index (χ3n) is 3.78. The fourth-order valence-corrected chi connectivity index (χ4v) is 2.44. The first-order valence-electron chi connectivity index (χ1n) is 9.23. The molecule has 0 spiro atoms. The molecular formula is C20H36IN3O2. The van der Waals surface area contributed by atoms with Gasteiger partial charge in [0.2, 0.25) is 0 Å². The largest absolute Gasteiger partial charge is 0.491 e. The lowest BCUT2D eigenvalue weighted by Crippen LogP contribution is -2.39. The quantitative estimate of drug-likeness (QED) is 0.232. The summed E-state index contributed by atoms with van der Waals surface area (Å²) in [7, 11) is 1.78. The summed E-state index contributed by atoms with van der Waals surface area (Å²) in [6, 6.07) is 8.24. The second-order valence-corrected chi connectivity index (χ2v) is 6.92.